The molecule has 0 bridgehead atoms. The lowest BCUT2D eigenvalue weighted by atomic mass is 9.71. The highest BCUT2D eigenvalue weighted by molar-refractivity contribution is 6.44. The van der Waals surface area contributed by atoms with E-state index in [9.17, 15) is 14.7 Å². The minimum atomic E-state index is -0.361. The summed E-state index contributed by atoms with van der Waals surface area (Å²) in [5, 5.41) is 10.3. The Labute approximate surface area is 260 Å². The molecule has 230 valence electrons. The van der Waals surface area contributed by atoms with Crippen LogP contribution in [0.1, 0.15) is 88.5 Å². The molecule has 2 aliphatic carbocycles. The smallest absolute Gasteiger partial charge is 0.224 e. The van der Waals surface area contributed by atoms with Gasteiger partial charge in [-0.05, 0) is 81.9 Å². The lowest BCUT2D eigenvalue weighted by molar-refractivity contribution is -0.136. The summed E-state index contributed by atoms with van der Waals surface area (Å²) in [6, 6.07) is 0. The molecule has 0 heterocycles. The van der Waals surface area contributed by atoms with Crippen LogP contribution >= 0.6 is 0 Å². The fourth-order valence-electron chi connectivity index (χ4n) is 5.46. The first-order valence-corrected chi connectivity index (χ1v) is 15.3. The van der Waals surface area contributed by atoms with Crippen molar-refractivity contribution >= 4 is 11.6 Å². The number of rotatable bonds is 10. The number of carbonyl (C=O) groups excluding carboxylic acids is 2. The Morgan fingerprint density at radius 1 is 0.674 bits per heavy atom. The molecule has 0 fully saturated rings. The highest BCUT2D eigenvalue weighted by Gasteiger charge is 2.36. The van der Waals surface area contributed by atoms with Crippen molar-refractivity contribution in [3.8, 4) is 0 Å². The molecule has 2 rings (SSSR count). The molecule has 3 nitrogen and oxygen atoms in total. The van der Waals surface area contributed by atoms with E-state index in [1.807, 2.05) is 64.2 Å². The van der Waals surface area contributed by atoms with Crippen molar-refractivity contribution in [3.05, 3.63) is 130 Å². The monoisotopic (exact) mass is 580 g/mol. The number of hydrogen-bond acceptors (Lipinski definition) is 3. The van der Waals surface area contributed by atoms with E-state index in [0.717, 1.165) is 46.3 Å². The van der Waals surface area contributed by atoms with E-state index in [4.69, 9.17) is 0 Å². The summed E-state index contributed by atoms with van der Waals surface area (Å²) in [5.74, 6) is -0.658. The second kappa shape index (κ2) is 15.8. The Hall–Kier alpha value is -3.56. The molecule has 0 radical (unpaired) electrons. The lowest BCUT2D eigenvalue weighted by Gasteiger charge is -2.35. The van der Waals surface area contributed by atoms with Gasteiger partial charge in [-0.3, -0.25) is 9.59 Å². The Balaban J connectivity index is 1.94. The summed E-state index contributed by atoms with van der Waals surface area (Å²) in [6.45, 7) is 20.6. The van der Waals surface area contributed by atoms with Crippen molar-refractivity contribution < 1.29 is 14.7 Å². The number of aliphatic hydroxyl groups is 1. The molecule has 2 aliphatic rings. The maximum Gasteiger partial charge on any atom is 0.224 e. The Bertz CT molecular complexity index is 1420. The predicted molar refractivity (Wildman–Crippen MR) is 184 cm³/mol. The van der Waals surface area contributed by atoms with Crippen LogP contribution in [0, 0.1) is 10.8 Å². The van der Waals surface area contributed by atoms with Crippen LogP contribution in [0.2, 0.25) is 0 Å². The minimum Gasteiger partial charge on any atom is -0.389 e. The second-order valence-corrected chi connectivity index (χ2v) is 13.3. The third-order valence-electron chi connectivity index (χ3n) is 8.32. The summed E-state index contributed by atoms with van der Waals surface area (Å²) < 4.78 is 0. The molecule has 0 aliphatic heterocycles. The quantitative estimate of drug-likeness (QED) is 0.207. The number of hydrogen-bond donors (Lipinski definition) is 1. The average molecular weight is 581 g/mol. The molecule has 43 heavy (non-hydrogen) atoms. The van der Waals surface area contributed by atoms with E-state index in [-0.39, 0.29) is 34.9 Å². The maximum absolute atomic E-state index is 12.1. The van der Waals surface area contributed by atoms with Gasteiger partial charge < -0.3 is 5.11 Å². The summed E-state index contributed by atoms with van der Waals surface area (Å²) in [4.78, 5) is 24.1. The average Bonchev–Trinajstić information content (AvgIpc) is 2.91. The summed E-state index contributed by atoms with van der Waals surface area (Å²) >= 11 is 0. The van der Waals surface area contributed by atoms with Gasteiger partial charge in [0.05, 0.1) is 6.10 Å². The maximum atomic E-state index is 12.1. The highest BCUT2D eigenvalue weighted by Crippen LogP contribution is 2.41. The van der Waals surface area contributed by atoms with Crippen LogP contribution in [0.3, 0.4) is 0 Å². The van der Waals surface area contributed by atoms with Crippen LogP contribution in [0.15, 0.2) is 130 Å². The van der Waals surface area contributed by atoms with Crippen LogP contribution in [0.4, 0.5) is 0 Å². The molecule has 1 atom stereocenters. The molecule has 0 spiro atoms. The Kier molecular flexibility index (Phi) is 13.1. The van der Waals surface area contributed by atoms with Crippen LogP contribution in [-0.2, 0) is 9.59 Å². The minimum absolute atomic E-state index is 0.0918. The predicted octanol–water partition coefficient (Wildman–Crippen LogP) is 9.93. The molecule has 1 N–H and O–H groups in total. The van der Waals surface area contributed by atoms with E-state index in [1.54, 1.807) is 6.92 Å². The first kappa shape index (κ1) is 35.6. The molecule has 0 saturated carbocycles. The number of Topliss-reactive ketones (excluding diaryl/α,β-unsaturated/α-hetero) is 2. The number of carbonyl (C=O) groups is 2. The van der Waals surface area contributed by atoms with Gasteiger partial charge in [-0.15, -0.1) is 0 Å². The standard InChI is InChI=1S/C40H52O3/c1-28(17-13-19-30(3)21-23-34-32(5)36(41)25-26-39(34,7)8)15-11-12-16-29(2)18-14-20-31(4)22-24-35-33(6)38(43)37(42)27-40(35,9)10/h11-24,36,41H,25-27H2,1-10H3/b12-11+,17-13+,18-14+,23-21+,24-22+,28-15+,29-16+,30-19+,31-20+. The van der Waals surface area contributed by atoms with Gasteiger partial charge in [0.2, 0.25) is 11.6 Å². The van der Waals surface area contributed by atoms with Gasteiger partial charge >= 0.3 is 0 Å². The Morgan fingerprint density at radius 2 is 1.12 bits per heavy atom. The molecular formula is C40H52O3. The van der Waals surface area contributed by atoms with Crippen LogP contribution in [0.25, 0.3) is 0 Å². The zero-order chi connectivity index (χ0) is 32.4. The second-order valence-electron chi connectivity index (χ2n) is 13.3. The van der Waals surface area contributed by atoms with Crippen molar-refractivity contribution in [2.45, 2.75) is 94.6 Å². The van der Waals surface area contributed by atoms with E-state index < -0.39 is 0 Å². The number of ketones is 2. The fraction of sp³-hybridized carbons (Fsp3) is 0.400. The molecule has 3 heteroatoms. The summed E-state index contributed by atoms with van der Waals surface area (Å²) in [6.07, 6.45) is 30.7. The van der Waals surface area contributed by atoms with Crippen molar-refractivity contribution in [2.75, 3.05) is 0 Å². The molecular weight excluding hydrogens is 528 g/mol. The van der Waals surface area contributed by atoms with Gasteiger partial charge in [0, 0.05) is 12.0 Å². The molecule has 0 amide bonds. The lowest BCUT2D eigenvalue weighted by Crippen LogP contribution is -2.32. The van der Waals surface area contributed by atoms with Gasteiger partial charge in [0.15, 0.2) is 0 Å². The number of aliphatic hydroxyl groups excluding tert-OH is 1. The van der Waals surface area contributed by atoms with Gasteiger partial charge in [0.25, 0.3) is 0 Å². The van der Waals surface area contributed by atoms with Crippen molar-refractivity contribution in [2.24, 2.45) is 10.8 Å². The van der Waals surface area contributed by atoms with Crippen LogP contribution in [0.5, 0.6) is 0 Å². The van der Waals surface area contributed by atoms with Crippen molar-refractivity contribution in [1.82, 2.24) is 0 Å². The summed E-state index contributed by atoms with van der Waals surface area (Å²) in [5.41, 5.74) is 8.10. The molecule has 0 aromatic rings. The van der Waals surface area contributed by atoms with E-state index in [0.29, 0.717) is 5.57 Å². The molecule has 0 aromatic carbocycles. The van der Waals surface area contributed by atoms with Crippen LogP contribution in [-0.4, -0.2) is 22.8 Å². The number of allylic oxidation sites excluding steroid dienone is 21. The Morgan fingerprint density at radius 3 is 1.63 bits per heavy atom. The topological polar surface area (TPSA) is 54.4 Å². The fourth-order valence-corrected chi connectivity index (χ4v) is 5.46. The van der Waals surface area contributed by atoms with Crippen LogP contribution < -0.4 is 0 Å². The SMILES string of the molecule is CC1=C(/C=C/C(C)=C/C=C/C(C)=C/C=C/C=C(C)/C=C/C=C(C)/C=C/C2=C(C)C(O)CCC2(C)C)C(C)(C)CC(=O)C1=O. The van der Waals surface area contributed by atoms with Gasteiger partial charge in [0.1, 0.15) is 0 Å². The largest absolute Gasteiger partial charge is 0.389 e. The van der Waals surface area contributed by atoms with Crippen molar-refractivity contribution in [1.29, 1.82) is 0 Å². The van der Waals surface area contributed by atoms with E-state index >= 15 is 0 Å². The first-order valence-electron chi connectivity index (χ1n) is 15.3. The summed E-state index contributed by atoms with van der Waals surface area (Å²) in [7, 11) is 0. The van der Waals surface area contributed by atoms with E-state index in [2.05, 4.69) is 83.2 Å². The molecule has 0 saturated heterocycles. The molecule has 0 aromatic heterocycles. The first-order chi connectivity index (χ1) is 20.0. The van der Waals surface area contributed by atoms with Gasteiger partial charge in [-0.1, -0.05) is 135 Å². The highest BCUT2D eigenvalue weighted by atomic mass is 16.3. The third kappa shape index (κ3) is 10.9. The normalized spacial score (nSPS) is 23.1. The molecule has 1 unspecified atom stereocenters. The zero-order valence-electron chi connectivity index (χ0n) is 28.0. The zero-order valence-corrected chi connectivity index (χ0v) is 28.0. The van der Waals surface area contributed by atoms with Gasteiger partial charge in [-0.25, -0.2) is 0 Å². The van der Waals surface area contributed by atoms with Gasteiger partial charge in [-0.2, -0.15) is 0 Å². The van der Waals surface area contributed by atoms with E-state index in [1.165, 1.54) is 5.57 Å². The van der Waals surface area contributed by atoms with Crippen molar-refractivity contribution in [3.63, 3.8) is 0 Å². The third-order valence-corrected chi connectivity index (χ3v) is 8.32.